The zero-order valence-corrected chi connectivity index (χ0v) is 11.0. The first kappa shape index (κ1) is 14.0. The summed E-state index contributed by atoms with van der Waals surface area (Å²) in [5, 5.41) is 10.0. The Balaban J connectivity index is 2.16. The van der Waals surface area contributed by atoms with Crippen molar-refractivity contribution >= 4 is 0 Å². The molecule has 0 aliphatic carbocycles. The molecule has 1 rings (SSSR count). The van der Waals surface area contributed by atoms with Crippen molar-refractivity contribution < 1.29 is 9.84 Å². The van der Waals surface area contributed by atoms with Gasteiger partial charge < -0.3 is 9.84 Å². The van der Waals surface area contributed by atoms with Crippen LogP contribution in [-0.4, -0.2) is 23.9 Å². The second kappa shape index (κ2) is 8.08. The van der Waals surface area contributed by atoms with Crippen LogP contribution in [0.5, 0.6) is 0 Å². The molecule has 0 aromatic rings. The van der Waals surface area contributed by atoms with Gasteiger partial charge in [-0.3, -0.25) is 0 Å². The normalized spacial score (nSPS) is 24.6. The van der Waals surface area contributed by atoms with Crippen molar-refractivity contribution in [1.29, 1.82) is 0 Å². The molecular formula is C14H28O2. The number of rotatable bonds is 8. The van der Waals surface area contributed by atoms with E-state index in [0.717, 1.165) is 25.9 Å². The van der Waals surface area contributed by atoms with Crippen molar-refractivity contribution in [2.75, 3.05) is 6.61 Å². The van der Waals surface area contributed by atoms with Gasteiger partial charge in [-0.1, -0.05) is 39.5 Å². The molecule has 1 saturated heterocycles. The number of aliphatic hydroxyl groups is 1. The first-order chi connectivity index (χ1) is 7.76. The maximum atomic E-state index is 10.0. The number of hydrogen-bond acceptors (Lipinski definition) is 2. The summed E-state index contributed by atoms with van der Waals surface area (Å²) in [7, 11) is 0. The number of aliphatic hydroxyl groups excluding tert-OH is 1. The minimum absolute atomic E-state index is 0.148. The van der Waals surface area contributed by atoms with Gasteiger partial charge in [0.1, 0.15) is 0 Å². The molecular weight excluding hydrogens is 200 g/mol. The lowest BCUT2D eigenvalue weighted by atomic mass is 9.91. The van der Waals surface area contributed by atoms with Gasteiger partial charge in [0, 0.05) is 6.61 Å². The van der Waals surface area contributed by atoms with Gasteiger partial charge in [-0.2, -0.15) is 0 Å². The minimum atomic E-state index is -0.148. The number of ether oxygens (including phenoxy) is 1. The summed E-state index contributed by atoms with van der Waals surface area (Å²) in [4.78, 5) is 0. The fourth-order valence-electron chi connectivity index (χ4n) is 2.60. The largest absolute Gasteiger partial charge is 0.393 e. The van der Waals surface area contributed by atoms with Crippen LogP contribution in [0.1, 0.15) is 65.2 Å². The summed E-state index contributed by atoms with van der Waals surface area (Å²) in [6.45, 7) is 5.36. The predicted molar refractivity (Wildman–Crippen MR) is 67.5 cm³/mol. The molecule has 1 fully saturated rings. The predicted octanol–water partition coefficient (Wildman–Crippen LogP) is 3.52. The van der Waals surface area contributed by atoms with E-state index in [1.807, 2.05) is 0 Å². The van der Waals surface area contributed by atoms with Gasteiger partial charge in [-0.25, -0.2) is 0 Å². The second-order valence-electron chi connectivity index (χ2n) is 5.18. The van der Waals surface area contributed by atoms with E-state index >= 15 is 0 Å². The highest BCUT2D eigenvalue weighted by Gasteiger charge is 2.21. The molecule has 2 heteroatoms. The van der Waals surface area contributed by atoms with Gasteiger partial charge in [0.25, 0.3) is 0 Å². The molecule has 0 amide bonds. The molecule has 96 valence electrons. The molecule has 3 unspecified atom stereocenters. The maximum Gasteiger partial charge on any atom is 0.0600 e. The average Bonchev–Trinajstić information content (AvgIpc) is 2.76. The van der Waals surface area contributed by atoms with Crippen LogP contribution in [0.2, 0.25) is 0 Å². The van der Waals surface area contributed by atoms with Gasteiger partial charge in [0.15, 0.2) is 0 Å². The van der Waals surface area contributed by atoms with E-state index in [1.54, 1.807) is 0 Å². The van der Waals surface area contributed by atoms with Crippen LogP contribution in [0.3, 0.4) is 0 Å². The third-order valence-electron chi connectivity index (χ3n) is 3.71. The SMILES string of the molecule is CCCCC(CC)CC(O)CC1CCCO1. The lowest BCUT2D eigenvalue weighted by Crippen LogP contribution is -2.20. The Morgan fingerprint density at radius 2 is 2.19 bits per heavy atom. The lowest BCUT2D eigenvalue weighted by Gasteiger charge is -2.20. The molecule has 1 aliphatic rings. The van der Waals surface area contributed by atoms with Gasteiger partial charge >= 0.3 is 0 Å². The Hall–Kier alpha value is -0.0800. The van der Waals surface area contributed by atoms with Crippen molar-refractivity contribution in [3.05, 3.63) is 0 Å². The van der Waals surface area contributed by atoms with E-state index in [4.69, 9.17) is 4.74 Å². The summed E-state index contributed by atoms with van der Waals surface area (Å²) in [6, 6.07) is 0. The van der Waals surface area contributed by atoms with Crippen LogP contribution in [0.15, 0.2) is 0 Å². The fraction of sp³-hybridized carbons (Fsp3) is 1.00. The molecule has 0 aromatic heterocycles. The monoisotopic (exact) mass is 228 g/mol. The zero-order valence-electron chi connectivity index (χ0n) is 11.0. The van der Waals surface area contributed by atoms with Crippen molar-refractivity contribution in [3.63, 3.8) is 0 Å². The summed E-state index contributed by atoms with van der Waals surface area (Å²) in [5.41, 5.74) is 0. The van der Waals surface area contributed by atoms with Gasteiger partial charge in [0.2, 0.25) is 0 Å². The molecule has 1 N–H and O–H groups in total. The molecule has 0 radical (unpaired) electrons. The highest BCUT2D eigenvalue weighted by Crippen LogP contribution is 2.23. The molecule has 0 aromatic carbocycles. The summed E-state index contributed by atoms with van der Waals surface area (Å²) in [6.07, 6.45) is 9.34. The van der Waals surface area contributed by atoms with Crippen LogP contribution >= 0.6 is 0 Å². The van der Waals surface area contributed by atoms with E-state index in [9.17, 15) is 5.11 Å². The summed E-state index contributed by atoms with van der Waals surface area (Å²) in [5.74, 6) is 0.705. The first-order valence-electron chi connectivity index (χ1n) is 7.05. The Morgan fingerprint density at radius 1 is 1.38 bits per heavy atom. The molecule has 0 bridgehead atoms. The van der Waals surface area contributed by atoms with E-state index in [0.29, 0.717) is 12.0 Å². The third-order valence-corrected chi connectivity index (χ3v) is 3.71. The second-order valence-corrected chi connectivity index (χ2v) is 5.18. The third kappa shape index (κ3) is 5.31. The van der Waals surface area contributed by atoms with Gasteiger partial charge in [-0.15, -0.1) is 0 Å². The zero-order chi connectivity index (χ0) is 11.8. The standard InChI is InChI=1S/C14H28O2/c1-3-5-7-12(4-2)10-13(15)11-14-8-6-9-16-14/h12-15H,3-11H2,1-2H3. The van der Waals surface area contributed by atoms with E-state index in [-0.39, 0.29) is 6.10 Å². The fourth-order valence-corrected chi connectivity index (χ4v) is 2.60. The molecule has 1 aliphatic heterocycles. The van der Waals surface area contributed by atoms with Crippen LogP contribution in [0.4, 0.5) is 0 Å². The van der Waals surface area contributed by atoms with E-state index in [1.165, 1.54) is 32.1 Å². The molecule has 2 nitrogen and oxygen atoms in total. The Labute approximate surface area is 100 Å². The average molecular weight is 228 g/mol. The topological polar surface area (TPSA) is 29.5 Å². The maximum absolute atomic E-state index is 10.0. The van der Waals surface area contributed by atoms with Crippen LogP contribution in [0.25, 0.3) is 0 Å². The van der Waals surface area contributed by atoms with Crippen molar-refractivity contribution in [2.24, 2.45) is 5.92 Å². The Morgan fingerprint density at radius 3 is 2.75 bits per heavy atom. The van der Waals surface area contributed by atoms with E-state index in [2.05, 4.69) is 13.8 Å². The summed E-state index contributed by atoms with van der Waals surface area (Å²) >= 11 is 0. The van der Waals surface area contributed by atoms with E-state index < -0.39 is 0 Å². The molecule has 0 saturated carbocycles. The molecule has 16 heavy (non-hydrogen) atoms. The van der Waals surface area contributed by atoms with Gasteiger partial charge in [0.05, 0.1) is 12.2 Å². The molecule has 3 atom stereocenters. The highest BCUT2D eigenvalue weighted by atomic mass is 16.5. The Kier molecular flexibility index (Phi) is 7.06. The number of hydrogen-bond donors (Lipinski definition) is 1. The van der Waals surface area contributed by atoms with Crippen LogP contribution in [-0.2, 0) is 4.74 Å². The van der Waals surface area contributed by atoms with Crippen LogP contribution in [0, 0.1) is 5.92 Å². The lowest BCUT2D eigenvalue weighted by molar-refractivity contribution is 0.0426. The van der Waals surface area contributed by atoms with Crippen molar-refractivity contribution in [2.45, 2.75) is 77.4 Å². The smallest absolute Gasteiger partial charge is 0.0600 e. The molecule has 0 spiro atoms. The Bertz CT molecular complexity index is 164. The quantitative estimate of drug-likeness (QED) is 0.688. The van der Waals surface area contributed by atoms with Crippen LogP contribution < -0.4 is 0 Å². The first-order valence-corrected chi connectivity index (χ1v) is 7.05. The summed E-state index contributed by atoms with van der Waals surface area (Å²) < 4.78 is 5.56. The highest BCUT2D eigenvalue weighted by molar-refractivity contribution is 4.72. The van der Waals surface area contributed by atoms with Crippen molar-refractivity contribution in [3.8, 4) is 0 Å². The van der Waals surface area contributed by atoms with Gasteiger partial charge in [-0.05, 0) is 31.6 Å². The number of unbranched alkanes of at least 4 members (excludes halogenated alkanes) is 1. The van der Waals surface area contributed by atoms with Crippen molar-refractivity contribution in [1.82, 2.24) is 0 Å². The molecule has 1 heterocycles. The minimum Gasteiger partial charge on any atom is -0.393 e.